The van der Waals surface area contributed by atoms with Crippen LogP contribution in [-0.4, -0.2) is 48.5 Å². The van der Waals surface area contributed by atoms with E-state index < -0.39 is 0 Å². The minimum Gasteiger partial charge on any atom is -0.390 e. The Hall–Kier alpha value is -0.120. The van der Waals surface area contributed by atoms with E-state index in [1.807, 2.05) is 0 Å². The van der Waals surface area contributed by atoms with Crippen LogP contribution in [0.3, 0.4) is 0 Å². The molecule has 2 unspecified atom stereocenters. The van der Waals surface area contributed by atoms with Crippen LogP contribution in [0.1, 0.15) is 78.1 Å². The molecule has 2 atom stereocenters. The number of unbranched alkanes of at least 4 members (excludes halogenated alkanes) is 7. The maximum absolute atomic E-state index is 10.3. The highest BCUT2D eigenvalue weighted by Crippen LogP contribution is 2.16. The van der Waals surface area contributed by atoms with Crippen LogP contribution in [0.5, 0.6) is 0 Å². The molecule has 21 heavy (non-hydrogen) atoms. The van der Waals surface area contributed by atoms with Crippen molar-refractivity contribution < 1.29 is 9.84 Å². The predicted molar refractivity (Wildman–Crippen MR) is 89.7 cm³/mol. The molecule has 3 nitrogen and oxygen atoms in total. The van der Waals surface area contributed by atoms with Crippen molar-refractivity contribution >= 4 is 0 Å². The topological polar surface area (TPSA) is 32.7 Å². The first-order valence-electron chi connectivity index (χ1n) is 9.30. The van der Waals surface area contributed by atoms with Gasteiger partial charge in [-0.2, -0.15) is 0 Å². The van der Waals surface area contributed by atoms with E-state index in [2.05, 4.69) is 18.7 Å². The Morgan fingerprint density at radius 2 is 1.67 bits per heavy atom. The van der Waals surface area contributed by atoms with Gasteiger partial charge >= 0.3 is 0 Å². The molecule has 0 saturated carbocycles. The van der Waals surface area contributed by atoms with Gasteiger partial charge in [-0.3, -0.25) is 4.90 Å². The molecule has 0 spiro atoms. The maximum atomic E-state index is 10.3. The molecule has 0 amide bonds. The maximum Gasteiger partial charge on any atom is 0.0960 e. The zero-order chi connectivity index (χ0) is 15.3. The molecular weight excluding hydrogens is 262 g/mol. The van der Waals surface area contributed by atoms with Gasteiger partial charge < -0.3 is 9.84 Å². The third kappa shape index (κ3) is 8.80. The highest BCUT2D eigenvalue weighted by atomic mass is 16.5. The molecule has 1 rings (SSSR count). The van der Waals surface area contributed by atoms with Gasteiger partial charge in [0.25, 0.3) is 0 Å². The Balaban J connectivity index is 2.01. The molecule has 1 fully saturated rings. The van der Waals surface area contributed by atoms with Gasteiger partial charge in [-0.05, 0) is 19.4 Å². The van der Waals surface area contributed by atoms with E-state index >= 15 is 0 Å². The predicted octanol–water partition coefficient (Wildman–Crippen LogP) is 3.99. The Labute approximate surface area is 132 Å². The minimum absolute atomic E-state index is 0.0369. The van der Waals surface area contributed by atoms with Crippen molar-refractivity contribution in [3.63, 3.8) is 0 Å². The lowest BCUT2D eigenvalue weighted by molar-refractivity contribution is -0.0906. The fourth-order valence-corrected chi connectivity index (χ4v) is 3.16. The lowest BCUT2D eigenvalue weighted by Gasteiger charge is -2.35. The minimum atomic E-state index is -0.273. The molecule has 1 aliphatic heterocycles. The molecule has 0 aromatic rings. The molecule has 1 saturated heterocycles. The van der Waals surface area contributed by atoms with Crippen molar-refractivity contribution in [1.29, 1.82) is 0 Å². The highest BCUT2D eigenvalue weighted by Gasteiger charge is 2.25. The van der Waals surface area contributed by atoms with E-state index in [4.69, 9.17) is 4.74 Å². The third-order valence-electron chi connectivity index (χ3n) is 4.50. The van der Waals surface area contributed by atoms with Crippen LogP contribution >= 0.6 is 0 Å². The summed E-state index contributed by atoms with van der Waals surface area (Å²) in [4.78, 5) is 2.42. The van der Waals surface area contributed by atoms with Crippen molar-refractivity contribution in [3.8, 4) is 0 Å². The number of hydrogen-bond donors (Lipinski definition) is 1. The Morgan fingerprint density at radius 3 is 2.33 bits per heavy atom. The fraction of sp³-hybridized carbons (Fsp3) is 1.00. The number of nitrogens with zero attached hydrogens (tertiary/aromatic N) is 1. The van der Waals surface area contributed by atoms with Gasteiger partial charge in [-0.25, -0.2) is 0 Å². The summed E-state index contributed by atoms with van der Waals surface area (Å²) in [6.07, 6.45) is 12.4. The van der Waals surface area contributed by atoms with Gasteiger partial charge in [0.2, 0.25) is 0 Å². The van der Waals surface area contributed by atoms with E-state index in [9.17, 15) is 5.11 Å². The molecule has 0 aromatic carbocycles. The lowest BCUT2D eigenvalue weighted by atomic mass is 10.0. The zero-order valence-corrected chi connectivity index (χ0v) is 14.4. The average molecular weight is 299 g/mol. The van der Waals surface area contributed by atoms with Crippen molar-refractivity contribution in [3.05, 3.63) is 0 Å². The summed E-state index contributed by atoms with van der Waals surface area (Å²) < 4.78 is 5.75. The number of ether oxygens (including phenoxy) is 1. The molecular formula is C18H37NO2. The average Bonchev–Trinajstić information content (AvgIpc) is 2.50. The van der Waals surface area contributed by atoms with Crippen LogP contribution < -0.4 is 0 Å². The number of rotatable bonds is 12. The first-order valence-corrected chi connectivity index (χ1v) is 9.30. The number of hydrogen-bond acceptors (Lipinski definition) is 3. The monoisotopic (exact) mass is 299 g/mol. The van der Waals surface area contributed by atoms with E-state index in [0.717, 1.165) is 39.1 Å². The van der Waals surface area contributed by atoms with Gasteiger partial charge in [0, 0.05) is 13.1 Å². The van der Waals surface area contributed by atoms with Gasteiger partial charge in [0.15, 0.2) is 0 Å². The van der Waals surface area contributed by atoms with Gasteiger partial charge in [0.1, 0.15) is 0 Å². The van der Waals surface area contributed by atoms with Gasteiger partial charge in [-0.15, -0.1) is 0 Å². The number of aliphatic hydroxyl groups excluding tert-OH is 1. The van der Waals surface area contributed by atoms with Crippen LogP contribution in [0.4, 0.5) is 0 Å². The molecule has 0 aromatic heterocycles. The van der Waals surface area contributed by atoms with E-state index in [-0.39, 0.29) is 12.2 Å². The van der Waals surface area contributed by atoms with Gasteiger partial charge in [-0.1, -0.05) is 65.2 Å². The smallest absolute Gasteiger partial charge is 0.0960 e. The third-order valence-corrected chi connectivity index (χ3v) is 4.50. The van der Waals surface area contributed by atoms with Crippen molar-refractivity contribution in [2.75, 3.05) is 26.2 Å². The first-order chi connectivity index (χ1) is 10.3. The summed E-state index contributed by atoms with van der Waals surface area (Å²) in [5, 5.41) is 10.3. The van der Waals surface area contributed by atoms with E-state index in [1.54, 1.807) is 0 Å². The van der Waals surface area contributed by atoms with Crippen molar-refractivity contribution in [2.24, 2.45) is 0 Å². The molecule has 1 aliphatic rings. The normalized spacial score (nSPS) is 21.6. The Bertz CT molecular complexity index is 233. The van der Waals surface area contributed by atoms with Gasteiger partial charge in [0.05, 0.1) is 18.8 Å². The first kappa shape index (κ1) is 18.9. The molecule has 0 radical (unpaired) electrons. The number of morpholine rings is 1. The van der Waals surface area contributed by atoms with Crippen molar-refractivity contribution in [1.82, 2.24) is 4.90 Å². The standard InChI is InChI=1S/C18H37NO2/c1-3-5-6-7-8-9-10-11-12-17(20)18-16-19(13-4-2)14-15-21-18/h17-18,20H,3-16H2,1-2H3. The van der Waals surface area contributed by atoms with Crippen LogP contribution in [0.25, 0.3) is 0 Å². The second-order valence-corrected chi connectivity index (χ2v) is 6.54. The van der Waals surface area contributed by atoms with Crippen LogP contribution in [0.15, 0.2) is 0 Å². The molecule has 1 N–H and O–H groups in total. The Morgan fingerprint density at radius 1 is 1.00 bits per heavy atom. The lowest BCUT2D eigenvalue weighted by Crippen LogP contribution is -2.47. The summed E-state index contributed by atoms with van der Waals surface area (Å²) in [5.74, 6) is 0. The quantitative estimate of drug-likeness (QED) is 0.553. The van der Waals surface area contributed by atoms with Crippen molar-refractivity contribution in [2.45, 2.75) is 90.3 Å². The molecule has 3 heteroatoms. The molecule has 0 aliphatic carbocycles. The molecule has 126 valence electrons. The SMILES string of the molecule is CCCCCCCCCCC(O)C1CN(CCC)CCO1. The second-order valence-electron chi connectivity index (χ2n) is 6.54. The summed E-state index contributed by atoms with van der Waals surface area (Å²) in [5.41, 5.74) is 0. The highest BCUT2D eigenvalue weighted by molar-refractivity contribution is 4.77. The summed E-state index contributed by atoms with van der Waals surface area (Å²) in [6.45, 7) is 8.31. The van der Waals surface area contributed by atoms with Crippen LogP contribution in [0.2, 0.25) is 0 Å². The summed E-state index contributed by atoms with van der Waals surface area (Å²) in [6, 6.07) is 0. The van der Waals surface area contributed by atoms with E-state index in [1.165, 1.54) is 51.4 Å². The summed E-state index contributed by atoms with van der Waals surface area (Å²) >= 11 is 0. The zero-order valence-electron chi connectivity index (χ0n) is 14.4. The Kier molecular flexibility index (Phi) is 11.2. The summed E-state index contributed by atoms with van der Waals surface area (Å²) in [7, 11) is 0. The second kappa shape index (κ2) is 12.4. The van der Waals surface area contributed by atoms with Crippen LogP contribution in [-0.2, 0) is 4.74 Å². The largest absolute Gasteiger partial charge is 0.390 e. The fourth-order valence-electron chi connectivity index (χ4n) is 3.16. The van der Waals surface area contributed by atoms with Crippen LogP contribution in [0, 0.1) is 0 Å². The molecule has 0 bridgehead atoms. The number of aliphatic hydroxyl groups is 1. The van der Waals surface area contributed by atoms with E-state index in [0.29, 0.717) is 0 Å². The molecule has 1 heterocycles.